The van der Waals surface area contributed by atoms with E-state index in [4.69, 9.17) is 5.11 Å². The van der Waals surface area contributed by atoms with Gasteiger partial charge in [0.25, 0.3) is 0 Å². The number of benzene rings is 1. The van der Waals surface area contributed by atoms with Gasteiger partial charge in [-0.15, -0.1) is 11.8 Å². The van der Waals surface area contributed by atoms with Crippen molar-refractivity contribution < 1.29 is 19.8 Å². The smallest absolute Gasteiger partial charge is 0.304 e. The number of Topliss-reactive ketones (excluding diaryl/α,β-unsaturated/α-hetero) is 1. The van der Waals surface area contributed by atoms with Crippen LogP contribution in [-0.4, -0.2) is 33.3 Å². The molecule has 0 radical (unpaired) electrons. The summed E-state index contributed by atoms with van der Waals surface area (Å²) in [5, 5.41) is 19.1. The van der Waals surface area contributed by atoms with Crippen molar-refractivity contribution >= 4 is 23.5 Å². The first-order valence-corrected chi connectivity index (χ1v) is 8.10. The average molecular weight is 308 g/mol. The van der Waals surface area contributed by atoms with Crippen LogP contribution >= 0.6 is 11.8 Å². The van der Waals surface area contributed by atoms with E-state index >= 15 is 0 Å². The highest BCUT2D eigenvalue weighted by atomic mass is 32.2. The van der Waals surface area contributed by atoms with E-state index in [1.807, 2.05) is 30.3 Å². The molecule has 114 valence electrons. The second-order valence-corrected chi connectivity index (χ2v) is 6.69. The molecule has 1 aromatic carbocycles. The van der Waals surface area contributed by atoms with Crippen LogP contribution in [-0.2, 0) is 9.59 Å². The number of hydrogen-bond acceptors (Lipinski definition) is 4. The molecular formula is C16H20O4S. The summed E-state index contributed by atoms with van der Waals surface area (Å²) in [4.78, 5) is 23.9. The van der Waals surface area contributed by atoms with Crippen LogP contribution in [0.4, 0.5) is 0 Å². The Balaban J connectivity index is 2.10. The van der Waals surface area contributed by atoms with Crippen LogP contribution in [0.1, 0.15) is 32.1 Å². The molecule has 4 nitrogen and oxygen atoms in total. The van der Waals surface area contributed by atoms with Crippen LogP contribution in [0, 0.1) is 5.92 Å². The van der Waals surface area contributed by atoms with Crippen LogP contribution in [0.5, 0.6) is 0 Å². The second kappa shape index (κ2) is 7.61. The van der Waals surface area contributed by atoms with Gasteiger partial charge in [-0.3, -0.25) is 9.59 Å². The summed E-state index contributed by atoms with van der Waals surface area (Å²) >= 11 is 1.34. The third-order valence-corrected chi connectivity index (χ3v) is 5.09. The van der Waals surface area contributed by atoms with Crippen LogP contribution in [0.3, 0.4) is 0 Å². The number of carboxylic acid groups (broad SMARTS) is 1. The Hall–Kier alpha value is -1.33. The van der Waals surface area contributed by atoms with E-state index in [1.165, 1.54) is 11.8 Å². The van der Waals surface area contributed by atoms with Crippen molar-refractivity contribution in [2.24, 2.45) is 5.92 Å². The SMILES string of the molecule is O=C(O)C[C@@H](Sc1ccccc1)[C@@H](O)C1CCCCC1=O. The quantitative estimate of drug-likeness (QED) is 0.790. The number of carboxylic acids is 1. The van der Waals surface area contributed by atoms with E-state index in [0.717, 1.165) is 17.7 Å². The summed E-state index contributed by atoms with van der Waals surface area (Å²) in [5.74, 6) is -1.30. The number of rotatable bonds is 6. The molecule has 0 aromatic heterocycles. The lowest BCUT2D eigenvalue weighted by molar-refractivity contribution is -0.138. The van der Waals surface area contributed by atoms with E-state index < -0.39 is 23.2 Å². The Labute approximate surface area is 128 Å². The first-order valence-electron chi connectivity index (χ1n) is 7.22. The largest absolute Gasteiger partial charge is 0.481 e. The predicted molar refractivity (Wildman–Crippen MR) is 81.3 cm³/mol. The van der Waals surface area contributed by atoms with Gasteiger partial charge in [0.1, 0.15) is 5.78 Å². The monoisotopic (exact) mass is 308 g/mol. The molecule has 1 aliphatic rings. The third kappa shape index (κ3) is 4.58. The van der Waals surface area contributed by atoms with E-state index in [2.05, 4.69) is 0 Å². The predicted octanol–water partition coefficient (Wildman–Crippen LogP) is 2.74. The van der Waals surface area contributed by atoms with Crippen molar-refractivity contribution in [2.75, 3.05) is 0 Å². The molecule has 0 spiro atoms. The van der Waals surface area contributed by atoms with Gasteiger partial charge in [-0.1, -0.05) is 24.6 Å². The lowest BCUT2D eigenvalue weighted by Crippen LogP contribution is -2.39. The van der Waals surface area contributed by atoms with Crippen LogP contribution in [0.15, 0.2) is 35.2 Å². The Morgan fingerprint density at radius 2 is 2.00 bits per heavy atom. The molecule has 2 N–H and O–H groups in total. The lowest BCUT2D eigenvalue weighted by atomic mass is 9.82. The van der Waals surface area contributed by atoms with E-state index in [9.17, 15) is 14.7 Å². The molecule has 2 rings (SSSR count). The average Bonchev–Trinajstić information content (AvgIpc) is 2.47. The molecule has 0 saturated heterocycles. The van der Waals surface area contributed by atoms with Gasteiger partial charge in [0.15, 0.2) is 0 Å². The van der Waals surface area contributed by atoms with Gasteiger partial charge in [-0.05, 0) is 25.0 Å². The molecule has 0 bridgehead atoms. The standard InChI is InChI=1S/C16H20O4S/c17-13-9-5-4-8-12(13)16(20)14(10-15(18)19)21-11-6-2-1-3-7-11/h1-3,6-7,12,14,16,20H,4-5,8-10H2,(H,18,19)/t12?,14-,16+/m1/s1. The molecule has 21 heavy (non-hydrogen) atoms. The third-order valence-electron chi connectivity index (χ3n) is 3.80. The van der Waals surface area contributed by atoms with Crippen molar-refractivity contribution in [2.45, 2.75) is 48.4 Å². The van der Waals surface area contributed by atoms with Crippen molar-refractivity contribution in [1.29, 1.82) is 0 Å². The van der Waals surface area contributed by atoms with Crippen LogP contribution in [0.25, 0.3) is 0 Å². The summed E-state index contributed by atoms with van der Waals surface area (Å²) in [5.41, 5.74) is 0. The molecular weight excluding hydrogens is 288 g/mol. The Bertz CT molecular complexity index is 488. The molecule has 0 aliphatic heterocycles. The first-order chi connectivity index (χ1) is 10.1. The highest BCUT2D eigenvalue weighted by Gasteiger charge is 2.35. The fraction of sp³-hybridized carbons (Fsp3) is 0.500. The highest BCUT2D eigenvalue weighted by Crippen LogP contribution is 2.34. The van der Waals surface area contributed by atoms with Gasteiger partial charge >= 0.3 is 5.97 Å². The Kier molecular flexibility index (Phi) is 5.82. The zero-order chi connectivity index (χ0) is 15.2. The number of thioether (sulfide) groups is 1. The van der Waals surface area contributed by atoms with Gasteiger partial charge in [0.2, 0.25) is 0 Å². The molecule has 5 heteroatoms. The van der Waals surface area contributed by atoms with Gasteiger partial charge in [0, 0.05) is 22.5 Å². The summed E-state index contributed by atoms with van der Waals surface area (Å²) in [6.07, 6.45) is 1.90. The molecule has 0 amide bonds. The van der Waals surface area contributed by atoms with E-state index in [0.29, 0.717) is 12.8 Å². The maximum atomic E-state index is 12.0. The van der Waals surface area contributed by atoms with Gasteiger partial charge in [0.05, 0.1) is 12.5 Å². The molecule has 1 fully saturated rings. The zero-order valence-electron chi connectivity index (χ0n) is 11.8. The summed E-state index contributed by atoms with van der Waals surface area (Å²) in [6, 6.07) is 9.40. The van der Waals surface area contributed by atoms with Crippen molar-refractivity contribution in [3.8, 4) is 0 Å². The summed E-state index contributed by atoms with van der Waals surface area (Å²) in [6.45, 7) is 0. The van der Waals surface area contributed by atoms with Crippen LogP contribution in [0.2, 0.25) is 0 Å². The van der Waals surface area contributed by atoms with Gasteiger partial charge in [-0.2, -0.15) is 0 Å². The van der Waals surface area contributed by atoms with Crippen LogP contribution < -0.4 is 0 Å². The minimum Gasteiger partial charge on any atom is -0.481 e. The minimum absolute atomic E-state index is 0.0674. The first kappa shape index (κ1) is 16.0. The Morgan fingerprint density at radius 3 is 2.62 bits per heavy atom. The lowest BCUT2D eigenvalue weighted by Gasteiger charge is -2.30. The number of aliphatic hydroxyl groups is 1. The summed E-state index contributed by atoms with van der Waals surface area (Å²) in [7, 11) is 0. The minimum atomic E-state index is -0.953. The number of hydrogen-bond donors (Lipinski definition) is 2. The van der Waals surface area contributed by atoms with Gasteiger partial charge < -0.3 is 10.2 Å². The zero-order valence-corrected chi connectivity index (χ0v) is 12.6. The molecule has 1 saturated carbocycles. The number of aliphatic carboxylic acids is 1. The van der Waals surface area contributed by atoms with Crippen molar-refractivity contribution in [3.05, 3.63) is 30.3 Å². The molecule has 3 atom stereocenters. The fourth-order valence-electron chi connectivity index (χ4n) is 2.71. The maximum Gasteiger partial charge on any atom is 0.304 e. The normalized spacial score (nSPS) is 21.8. The second-order valence-electron chi connectivity index (χ2n) is 5.38. The molecule has 0 heterocycles. The Morgan fingerprint density at radius 1 is 1.29 bits per heavy atom. The highest BCUT2D eigenvalue weighted by molar-refractivity contribution is 8.00. The number of aliphatic hydroxyl groups excluding tert-OH is 1. The topological polar surface area (TPSA) is 74.6 Å². The van der Waals surface area contributed by atoms with Crippen molar-refractivity contribution in [3.63, 3.8) is 0 Å². The van der Waals surface area contributed by atoms with E-state index in [-0.39, 0.29) is 12.2 Å². The maximum absolute atomic E-state index is 12.0. The number of ketones is 1. The number of carbonyl (C=O) groups excluding carboxylic acids is 1. The summed E-state index contributed by atoms with van der Waals surface area (Å²) < 4.78 is 0. The number of carbonyl (C=O) groups is 2. The molecule has 1 unspecified atom stereocenters. The van der Waals surface area contributed by atoms with E-state index in [1.54, 1.807) is 0 Å². The fourth-order valence-corrected chi connectivity index (χ4v) is 3.93. The van der Waals surface area contributed by atoms with Gasteiger partial charge in [-0.25, -0.2) is 0 Å². The molecule has 1 aliphatic carbocycles. The molecule has 1 aromatic rings. The van der Waals surface area contributed by atoms with Crippen molar-refractivity contribution in [1.82, 2.24) is 0 Å².